The summed E-state index contributed by atoms with van der Waals surface area (Å²) < 4.78 is 10.1. The molecule has 0 spiro atoms. The topological polar surface area (TPSA) is 59.7 Å². The lowest BCUT2D eigenvalue weighted by Crippen LogP contribution is -2.06. The van der Waals surface area contributed by atoms with E-state index in [2.05, 4.69) is 11.3 Å². The third-order valence-electron chi connectivity index (χ3n) is 2.21. The van der Waals surface area contributed by atoms with Gasteiger partial charge in [-0.25, -0.2) is 4.79 Å². The van der Waals surface area contributed by atoms with Crippen LogP contribution in [0.2, 0.25) is 0 Å². The first-order valence-corrected chi connectivity index (χ1v) is 8.59. The molecule has 0 atom stereocenters. The molecule has 0 radical (unpaired) electrons. The fourth-order valence-corrected chi connectivity index (χ4v) is 1.34. The van der Waals surface area contributed by atoms with Gasteiger partial charge in [0.15, 0.2) is 0 Å². The Hall–Kier alpha value is -2.23. The maximum absolute atomic E-state index is 11.2. The van der Waals surface area contributed by atoms with Crippen molar-refractivity contribution < 1.29 is 19.1 Å². The number of allylic oxidation sites excluding steroid dienone is 3. The summed E-state index contributed by atoms with van der Waals surface area (Å²) >= 11 is 0. The molecular weight excluding hydrogens is 304 g/mol. The van der Waals surface area contributed by atoms with Gasteiger partial charge >= 0.3 is 5.97 Å². The summed E-state index contributed by atoms with van der Waals surface area (Å²) in [5.41, 5.74) is 0.838. The van der Waals surface area contributed by atoms with E-state index in [9.17, 15) is 9.90 Å². The number of carbonyl (C=O) groups is 1. The van der Waals surface area contributed by atoms with Gasteiger partial charge in [-0.1, -0.05) is 60.3 Å². The van der Waals surface area contributed by atoms with Gasteiger partial charge in [0, 0.05) is 11.6 Å². The normalized spacial score (nSPS) is 10.0. The van der Waals surface area contributed by atoms with Crippen LogP contribution in [-0.4, -0.2) is 17.7 Å². The zero-order valence-electron chi connectivity index (χ0n) is 16.5. The molecule has 4 heteroatoms. The number of aliphatic hydroxyl groups excluding tert-OH is 1. The second-order valence-corrected chi connectivity index (χ2v) is 3.40. The molecule has 138 valence electrons. The van der Waals surface area contributed by atoms with Crippen molar-refractivity contribution in [3.8, 4) is 0 Å². The molecule has 0 aliphatic heterocycles. The molecule has 0 fully saturated rings. The van der Waals surface area contributed by atoms with Crippen molar-refractivity contribution in [3.63, 3.8) is 0 Å². The minimum atomic E-state index is -0.773. The SMILES string of the molecule is C=C/C(=C\C)c1ccc(/C=C(\O)C(=O)OCC)o1.CC.CC.CC. The van der Waals surface area contributed by atoms with Gasteiger partial charge in [-0.3, -0.25) is 0 Å². The quantitative estimate of drug-likeness (QED) is 0.292. The van der Waals surface area contributed by atoms with E-state index >= 15 is 0 Å². The van der Waals surface area contributed by atoms with Crippen molar-refractivity contribution in [3.05, 3.63) is 48.1 Å². The average Bonchev–Trinajstić information content (AvgIpc) is 3.09. The number of esters is 1. The van der Waals surface area contributed by atoms with Gasteiger partial charge in [0.1, 0.15) is 11.5 Å². The standard InChI is InChI=1S/C14H16O4.3C2H6/c1-4-10(5-2)13-8-7-11(18-13)9-12(15)14(16)17-6-3;3*1-2/h4-5,7-9,15H,1,6H2,2-3H3;3*1-2H3/b10-5+,12-9-;;;. The molecule has 0 bridgehead atoms. The van der Waals surface area contributed by atoms with Crippen LogP contribution in [0.5, 0.6) is 0 Å². The first kappa shape index (κ1) is 26.7. The summed E-state index contributed by atoms with van der Waals surface area (Å²) in [6.45, 7) is 19.4. The number of ether oxygens (including phenoxy) is 1. The summed E-state index contributed by atoms with van der Waals surface area (Å²) in [5, 5.41) is 9.46. The Morgan fingerprint density at radius 2 is 1.75 bits per heavy atom. The van der Waals surface area contributed by atoms with Crippen LogP contribution in [0.3, 0.4) is 0 Å². The molecule has 4 nitrogen and oxygen atoms in total. The molecular formula is C20H34O4. The summed E-state index contributed by atoms with van der Waals surface area (Å²) in [7, 11) is 0. The van der Waals surface area contributed by atoms with Crippen LogP contribution in [0.4, 0.5) is 0 Å². The van der Waals surface area contributed by atoms with Crippen LogP contribution in [-0.2, 0) is 9.53 Å². The Morgan fingerprint density at radius 1 is 1.21 bits per heavy atom. The average molecular weight is 338 g/mol. The first-order valence-electron chi connectivity index (χ1n) is 8.59. The molecule has 0 amide bonds. The number of aliphatic hydroxyl groups is 1. The highest BCUT2D eigenvalue weighted by Crippen LogP contribution is 2.20. The Morgan fingerprint density at radius 3 is 2.17 bits per heavy atom. The van der Waals surface area contributed by atoms with Crippen molar-refractivity contribution in [2.75, 3.05) is 6.61 Å². The fourth-order valence-electron chi connectivity index (χ4n) is 1.34. The van der Waals surface area contributed by atoms with Crippen LogP contribution in [0.25, 0.3) is 11.6 Å². The Balaban J connectivity index is -0.000000659. The highest BCUT2D eigenvalue weighted by molar-refractivity contribution is 5.90. The molecule has 0 unspecified atom stereocenters. The maximum Gasteiger partial charge on any atom is 0.373 e. The summed E-state index contributed by atoms with van der Waals surface area (Å²) in [6.07, 6.45) is 4.74. The predicted molar refractivity (Wildman–Crippen MR) is 104 cm³/mol. The predicted octanol–water partition coefficient (Wildman–Crippen LogP) is 6.41. The molecule has 1 aromatic rings. The van der Waals surface area contributed by atoms with E-state index in [-0.39, 0.29) is 6.61 Å². The molecule has 1 rings (SSSR count). The molecule has 0 aliphatic rings. The van der Waals surface area contributed by atoms with Crippen LogP contribution < -0.4 is 0 Å². The second-order valence-electron chi connectivity index (χ2n) is 3.40. The number of carbonyl (C=O) groups excluding carboxylic acids is 1. The largest absolute Gasteiger partial charge is 0.502 e. The van der Waals surface area contributed by atoms with E-state index in [4.69, 9.17) is 4.42 Å². The molecule has 0 aromatic carbocycles. The first-order chi connectivity index (χ1) is 11.6. The van der Waals surface area contributed by atoms with Crippen LogP contribution in [0.15, 0.2) is 41.0 Å². The molecule has 1 heterocycles. The highest BCUT2D eigenvalue weighted by atomic mass is 16.5. The number of rotatable bonds is 5. The van der Waals surface area contributed by atoms with Gasteiger partial charge in [-0.2, -0.15) is 0 Å². The van der Waals surface area contributed by atoms with E-state index in [0.717, 1.165) is 5.57 Å². The molecule has 0 aliphatic carbocycles. The Bertz CT molecular complexity index is 493. The third kappa shape index (κ3) is 10.5. The number of hydrogen-bond acceptors (Lipinski definition) is 4. The Labute approximate surface area is 147 Å². The van der Waals surface area contributed by atoms with E-state index in [1.54, 1.807) is 25.1 Å². The van der Waals surface area contributed by atoms with Crippen molar-refractivity contribution >= 4 is 17.6 Å². The minimum Gasteiger partial charge on any atom is -0.502 e. The molecule has 0 saturated heterocycles. The van der Waals surface area contributed by atoms with Gasteiger partial charge in [0.2, 0.25) is 5.76 Å². The lowest BCUT2D eigenvalue weighted by atomic mass is 10.2. The lowest BCUT2D eigenvalue weighted by Gasteiger charge is -1.99. The van der Waals surface area contributed by atoms with Gasteiger partial charge < -0.3 is 14.3 Å². The van der Waals surface area contributed by atoms with Crippen LogP contribution >= 0.6 is 0 Å². The van der Waals surface area contributed by atoms with Crippen molar-refractivity contribution in [1.29, 1.82) is 0 Å². The zero-order chi connectivity index (χ0) is 19.5. The van der Waals surface area contributed by atoms with Gasteiger partial charge in [0.25, 0.3) is 0 Å². The van der Waals surface area contributed by atoms with Gasteiger partial charge in [-0.15, -0.1) is 0 Å². The van der Waals surface area contributed by atoms with Crippen molar-refractivity contribution in [1.82, 2.24) is 0 Å². The molecule has 1 aromatic heterocycles. The minimum absolute atomic E-state index is 0.208. The number of hydrogen-bond donors (Lipinski definition) is 1. The third-order valence-corrected chi connectivity index (χ3v) is 2.21. The van der Waals surface area contributed by atoms with Crippen molar-refractivity contribution in [2.24, 2.45) is 0 Å². The molecule has 24 heavy (non-hydrogen) atoms. The maximum atomic E-state index is 11.2. The zero-order valence-corrected chi connectivity index (χ0v) is 16.5. The Kier molecular flexibility index (Phi) is 20.9. The second kappa shape index (κ2) is 18.8. The van der Waals surface area contributed by atoms with E-state index in [1.165, 1.54) is 6.08 Å². The smallest absolute Gasteiger partial charge is 0.373 e. The van der Waals surface area contributed by atoms with Crippen molar-refractivity contribution in [2.45, 2.75) is 55.4 Å². The monoisotopic (exact) mass is 338 g/mol. The van der Waals surface area contributed by atoms with Crippen LogP contribution in [0.1, 0.15) is 66.9 Å². The summed E-state index contributed by atoms with van der Waals surface area (Å²) in [5.74, 6) is -0.268. The summed E-state index contributed by atoms with van der Waals surface area (Å²) in [6, 6.07) is 3.39. The summed E-state index contributed by atoms with van der Waals surface area (Å²) in [4.78, 5) is 11.2. The molecule has 0 saturated carbocycles. The number of furan rings is 1. The van der Waals surface area contributed by atoms with E-state index in [1.807, 2.05) is 54.5 Å². The van der Waals surface area contributed by atoms with Gasteiger partial charge in [0.05, 0.1) is 6.61 Å². The molecule has 1 N–H and O–H groups in total. The van der Waals surface area contributed by atoms with E-state index in [0.29, 0.717) is 11.5 Å². The van der Waals surface area contributed by atoms with Crippen LogP contribution in [0, 0.1) is 0 Å². The highest BCUT2D eigenvalue weighted by Gasteiger charge is 2.10. The fraction of sp³-hybridized carbons (Fsp3) is 0.450. The van der Waals surface area contributed by atoms with Gasteiger partial charge in [-0.05, 0) is 26.0 Å². The lowest BCUT2D eigenvalue weighted by molar-refractivity contribution is -0.141. The van der Waals surface area contributed by atoms with E-state index < -0.39 is 11.7 Å².